The van der Waals surface area contributed by atoms with Crippen molar-refractivity contribution in [1.29, 1.82) is 0 Å². The molecule has 0 spiro atoms. The largest absolute Gasteiger partial charge is 0.497 e. The van der Waals surface area contributed by atoms with Gasteiger partial charge in [-0.3, -0.25) is 4.79 Å². The normalized spacial score (nSPS) is 10.1. The zero-order chi connectivity index (χ0) is 18.4. The van der Waals surface area contributed by atoms with E-state index in [0.29, 0.717) is 35.1 Å². The Morgan fingerprint density at radius 3 is 2.04 bits per heavy atom. The van der Waals surface area contributed by atoms with Crippen LogP contribution in [0.25, 0.3) is 0 Å². The SMILES string of the molecule is COc1ccc(CN(C)C(=O)c2cc(OC)ccc2OC)c(OC)c1. The molecule has 0 bridgehead atoms. The van der Waals surface area contributed by atoms with Crippen molar-refractivity contribution in [2.24, 2.45) is 0 Å². The van der Waals surface area contributed by atoms with E-state index in [1.165, 1.54) is 7.11 Å². The lowest BCUT2D eigenvalue weighted by atomic mass is 10.1. The number of carbonyl (C=O) groups is 1. The lowest BCUT2D eigenvalue weighted by Crippen LogP contribution is -2.26. The van der Waals surface area contributed by atoms with E-state index in [1.54, 1.807) is 57.5 Å². The fourth-order valence-electron chi connectivity index (χ4n) is 2.50. The zero-order valence-corrected chi connectivity index (χ0v) is 15.2. The summed E-state index contributed by atoms with van der Waals surface area (Å²) in [5.41, 5.74) is 1.32. The van der Waals surface area contributed by atoms with E-state index in [9.17, 15) is 4.79 Å². The third-order valence-electron chi connectivity index (χ3n) is 3.89. The second-order valence-electron chi connectivity index (χ2n) is 5.41. The van der Waals surface area contributed by atoms with Gasteiger partial charge in [0.1, 0.15) is 23.0 Å². The second-order valence-corrected chi connectivity index (χ2v) is 5.41. The Hall–Kier alpha value is -2.89. The molecular formula is C19H23NO5. The smallest absolute Gasteiger partial charge is 0.257 e. The molecule has 0 atom stereocenters. The lowest BCUT2D eigenvalue weighted by molar-refractivity contribution is 0.0780. The maximum absolute atomic E-state index is 12.8. The van der Waals surface area contributed by atoms with E-state index in [0.717, 1.165) is 5.56 Å². The monoisotopic (exact) mass is 345 g/mol. The average molecular weight is 345 g/mol. The van der Waals surface area contributed by atoms with E-state index in [-0.39, 0.29) is 5.91 Å². The molecule has 0 fully saturated rings. The fourth-order valence-corrected chi connectivity index (χ4v) is 2.50. The molecule has 1 amide bonds. The number of amides is 1. The van der Waals surface area contributed by atoms with Crippen LogP contribution in [0.1, 0.15) is 15.9 Å². The van der Waals surface area contributed by atoms with Gasteiger partial charge in [0.2, 0.25) is 0 Å². The Labute approximate surface area is 147 Å². The van der Waals surface area contributed by atoms with E-state index in [1.807, 2.05) is 12.1 Å². The molecule has 0 saturated carbocycles. The van der Waals surface area contributed by atoms with E-state index in [4.69, 9.17) is 18.9 Å². The van der Waals surface area contributed by atoms with Crippen molar-refractivity contribution in [3.63, 3.8) is 0 Å². The maximum atomic E-state index is 12.8. The van der Waals surface area contributed by atoms with Gasteiger partial charge in [0.25, 0.3) is 5.91 Å². The number of rotatable bonds is 7. The van der Waals surface area contributed by atoms with Crippen molar-refractivity contribution in [1.82, 2.24) is 4.90 Å². The molecule has 0 saturated heterocycles. The molecule has 0 aliphatic rings. The highest BCUT2D eigenvalue weighted by Gasteiger charge is 2.19. The third-order valence-corrected chi connectivity index (χ3v) is 3.89. The number of ether oxygens (including phenoxy) is 4. The summed E-state index contributed by atoms with van der Waals surface area (Å²) < 4.78 is 21.1. The third kappa shape index (κ3) is 4.15. The molecule has 0 aromatic heterocycles. The van der Waals surface area contributed by atoms with Crippen molar-refractivity contribution >= 4 is 5.91 Å². The summed E-state index contributed by atoms with van der Waals surface area (Å²) in [6.07, 6.45) is 0. The minimum absolute atomic E-state index is 0.173. The highest BCUT2D eigenvalue weighted by atomic mass is 16.5. The van der Waals surface area contributed by atoms with Gasteiger partial charge in [0, 0.05) is 25.2 Å². The lowest BCUT2D eigenvalue weighted by Gasteiger charge is -2.20. The molecule has 0 heterocycles. The summed E-state index contributed by atoms with van der Waals surface area (Å²) in [7, 11) is 8.00. The first kappa shape index (κ1) is 18.4. The van der Waals surface area contributed by atoms with Crippen LogP contribution in [0.4, 0.5) is 0 Å². The highest BCUT2D eigenvalue weighted by molar-refractivity contribution is 5.97. The molecule has 2 rings (SSSR count). The Morgan fingerprint density at radius 2 is 1.44 bits per heavy atom. The number of hydrogen-bond acceptors (Lipinski definition) is 5. The maximum Gasteiger partial charge on any atom is 0.257 e. The second kappa shape index (κ2) is 8.28. The van der Waals surface area contributed by atoms with Gasteiger partial charge in [0.15, 0.2) is 0 Å². The van der Waals surface area contributed by atoms with E-state index >= 15 is 0 Å². The van der Waals surface area contributed by atoms with Crippen LogP contribution >= 0.6 is 0 Å². The van der Waals surface area contributed by atoms with Gasteiger partial charge in [-0.25, -0.2) is 0 Å². The van der Waals surface area contributed by atoms with Gasteiger partial charge >= 0.3 is 0 Å². The summed E-state index contributed by atoms with van der Waals surface area (Å²) >= 11 is 0. The molecule has 25 heavy (non-hydrogen) atoms. The Kier molecular flexibility index (Phi) is 6.11. The molecule has 134 valence electrons. The molecule has 2 aromatic rings. The minimum Gasteiger partial charge on any atom is -0.497 e. The topological polar surface area (TPSA) is 57.2 Å². The van der Waals surface area contributed by atoms with Crippen LogP contribution in [0, 0.1) is 0 Å². The number of methoxy groups -OCH3 is 4. The van der Waals surface area contributed by atoms with Crippen LogP contribution in [-0.4, -0.2) is 46.3 Å². The van der Waals surface area contributed by atoms with Crippen LogP contribution in [-0.2, 0) is 6.54 Å². The van der Waals surface area contributed by atoms with Crippen molar-refractivity contribution in [3.05, 3.63) is 47.5 Å². The van der Waals surface area contributed by atoms with Gasteiger partial charge in [0.05, 0.1) is 34.0 Å². The van der Waals surface area contributed by atoms with Crippen LogP contribution in [0.15, 0.2) is 36.4 Å². The molecule has 0 radical (unpaired) electrons. The summed E-state index contributed by atoms with van der Waals surface area (Å²) in [6.45, 7) is 0.381. The van der Waals surface area contributed by atoms with Crippen LogP contribution in [0.2, 0.25) is 0 Å². The van der Waals surface area contributed by atoms with Crippen LogP contribution in [0.5, 0.6) is 23.0 Å². The van der Waals surface area contributed by atoms with E-state index < -0.39 is 0 Å². The first-order chi connectivity index (χ1) is 12.0. The predicted octanol–water partition coefficient (Wildman–Crippen LogP) is 2.99. The Bertz CT molecular complexity index is 745. The number of nitrogens with zero attached hydrogens (tertiary/aromatic N) is 1. The molecule has 0 aliphatic heterocycles. The summed E-state index contributed by atoms with van der Waals surface area (Å²) in [4.78, 5) is 14.4. The van der Waals surface area contributed by atoms with Gasteiger partial charge < -0.3 is 23.8 Å². The molecule has 6 heteroatoms. The number of hydrogen-bond donors (Lipinski definition) is 0. The highest BCUT2D eigenvalue weighted by Crippen LogP contribution is 2.28. The Balaban J connectivity index is 2.26. The molecule has 6 nitrogen and oxygen atoms in total. The van der Waals surface area contributed by atoms with Gasteiger partial charge in [-0.2, -0.15) is 0 Å². The molecule has 0 unspecified atom stereocenters. The average Bonchev–Trinajstić information content (AvgIpc) is 2.66. The van der Waals surface area contributed by atoms with Crippen molar-refractivity contribution in [3.8, 4) is 23.0 Å². The van der Waals surface area contributed by atoms with E-state index in [2.05, 4.69) is 0 Å². The minimum atomic E-state index is -0.173. The van der Waals surface area contributed by atoms with Gasteiger partial charge in [-0.1, -0.05) is 0 Å². The quantitative estimate of drug-likeness (QED) is 0.772. The summed E-state index contributed by atoms with van der Waals surface area (Å²) in [5, 5.41) is 0. The van der Waals surface area contributed by atoms with Crippen molar-refractivity contribution in [2.75, 3.05) is 35.5 Å². The summed E-state index contributed by atoms with van der Waals surface area (Å²) in [6, 6.07) is 10.6. The Morgan fingerprint density at radius 1 is 0.840 bits per heavy atom. The predicted molar refractivity (Wildman–Crippen MR) is 94.9 cm³/mol. The van der Waals surface area contributed by atoms with Gasteiger partial charge in [-0.05, 0) is 30.3 Å². The van der Waals surface area contributed by atoms with Crippen LogP contribution < -0.4 is 18.9 Å². The first-order valence-corrected chi connectivity index (χ1v) is 7.72. The standard InChI is InChI=1S/C19H23NO5/c1-20(12-13-6-7-15(23-3)11-18(13)25-5)19(21)16-10-14(22-2)8-9-17(16)24-4/h6-11H,12H2,1-5H3. The number of benzene rings is 2. The molecule has 2 aromatic carbocycles. The summed E-state index contributed by atoms with van der Waals surface area (Å²) in [5.74, 6) is 2.29. The van der Waals surface area contributed by atoms with Crippen molar-refractivity contribution in [2.45, 2.75) is 6.54 Å². The molecule has 0 N–H and O–H groups in total. The molecular weight excluding hydrogens is 322 g/mol. The van der Waals surface area contributed by atoms with Crippen molar-refractivity contribution < 1.29 is 23.7 Å². The number of carbonyl (C=O) groups excluding carboxylic acids is 1. The first-order valence-electron chi connectivity index (χ1n) is 7.72. The van der Waals surface area contributed by atoms with Crippen LogP contribution in [0.3, 0.4) is 0 Å². The molecule has 0 aliphatic carbocycles. The fraction of sp³-hybridized carbons (Fsp3) is 0.316. The zero-order valence-electron chi connectivity index (χ0n) is 15.2. The van der Waals surface area contributed by atoms with Gasteiger partial charge in [-0.15, -0.1) is 0 Å².